The Morgan fingerprint density at radius 2 is 2.00 bits per heavy atom. The molecule has 3 heterocycles. The molecule has 8 heteroatoms. The van der Waals surface area contributed by atoms with Crippen molar-refractivity contribution in [2.45, 2.75) is 18.8 Å². The number of para-hydroxylation sites is 1. The van der Waals surface area contributed by atoms with E-state index in [0.29, 0.717) is 30.2 Å². The fourth-order valence-corrected chi connectivity index (χ4v) is 3.89. The Hall–Kier alpha value is -3.16. The lowest BCUT2D eigenvalue weighted by Crippen LogP contribution is -2.39. The Kier molecular flexibility index (Phi) is 4.85. The minimum absolute atomic E-state index is 0.0632. The van der Waals surface area contributed by atoms with Crippen LogP contribution in [0, 0.1) is 0 Å². The number of piperidine rings is 1. The molecule has 1 amide bonds. The lowest BCUT2D eigenvalue weighted by atomic mass is 9.93. The van der Waals surface area contributed by atoms with E-state index in [1.165, 1.54) is 0 Å². The van der Waals surface area contributed by atoms with Crippen LogP contribution in [0.3, 0.4) is 0 Å². The van der Waals surface area contributed by atoms with Gasteiger partial charge in [-0.3, -0.25) is 4.79 Å². The molecule has 1 saturated heterocycles. The molecule has 1 fully saturated rings. The van der Waals surface area contributed by atoms with Gasteiger partial charge in [0.2, 0.25) is 0 Å². The van der Waals surface area contributed by atoms with Gasteiger partial charge in [-0.25, -0.2) is 14.6 Å². The summed E-state index contributed by atoms with van der Waals surface area (Å²) in [5.74, 6) is 1.07. The summed E-state index contributed by atoms with van der Waals surface area (Å²) in [5.41, 5.74) is 2.98. The number of methoxy groups -OCH3 is 2. The molecular formula is C20H23N5O3. The van der Waals surface area contributed by atoms with E-state index in [9.17, 15) is 4.79 Å². The summed E-state index contributed by atoms with van der Waals surface area (Å²) in [4.78, 5) is 23.9. The Bertz CT molecular complexity index is 1020. The van der Waals surface area contributed by atoms with Crippen molar-refractivity contribution in [3.05, 3.63) is 41.9 Å². The fourth-order valence-electron chi connectivity index (χ4n) is 3.89. The molecule has 4 rings (SSSR count). The van der Waals surface area contributed by atoms with Crippen LogP contribution in [0.4, 0.5) is 0 Å². The van der Waals surface area contributed by atoms with E-state index < -0.39 is 0 Å². The van der Waals surface area contributed by atoms with Gasteiger partial charge in [-0.05, 0) is 25.0 Å². The molecule has 1 aromatic carbocycles. The second-order valence-corrected chi connectivity index (χ2v) is 6.87. The number of fused-ring (bicyclic) bond motifs is 1. The van der Waals surface area contributed by atoms with Gasteiger partial charge in [-0.15, -0.1) is 0 Å². The first kappa shape index (κ1) is 18.2. The van der Waals surface area contributed by atoms with Gasteiger partial charge in [-0.1, -0.05) is 6.07 Å². The molecule has 0 unspecified atom stereocenters. The second-order valence-electron chi connectivity index (χ2n) is 6.87. The smallest absolute Gasteiger partial charge is 0.257 e. The number of aryl methyl sites for hydroxylation is 1. The monoisotopic (exact) mass is 381 g/mol. The van der Waals surface area contributed by atoms with Crippen molar-refractivity contribution < 1.29 is 14.3 Å². The average molecular weight is 381 g/mol. The quantitative estimate of drug-likeness (QED) is 0.690. The van der Waals surface area contributed by atoms with Gasteiger partial charge in [-0.2, -0.15) is 5.10 Å². The van der Waals surface area contributed by atoms with Gasteiger partial charge in [0.15, 0.2) is 17.1 Å². The van der Waals surface area contributed by atoms with Crippen molar-refractivity contribution in [2.24, 2.45) is 7.05 Å². The summed E-state index contributed by atoms with van der Waals surface area (Å²) in [5, 5.41) is 4.65. The van der Waals surface area contributed by atoms with E-state index in [0.717, 1.165) is 29.7 Å². The fraction of sp³-hybridized carbons (Fsp3) is 0.400. The van der Waals surface area contributed by atoms with E-state index in [4.69, 9.17) is 9.47 Å². The number of hydrogen-bond acceptors (Lipinski definition) is 6. The molecule has 0 spiro atoms. The number of carbonyl (C=O) groups excluding carboxylic acids is 1. The van der Waals surface area contributed by atoms with Crippen molar-refractivity contribution in [3.8, 4) is 11.5 Å². The molecule has 1 atom stereocenters. The first-order valence-electron chi connectivity index (χ1n) is 9.28. The SMILES string of the molecule is COc1cccc(C(=O)N2CCC[C@H](c3nn(C)c4nccnc34)C2)c1OC. The van der Waals surface area contributed by atoms with E-state index in [-0.39, 0.29) is 11.8 Å². The van der Waals surface area contributed by atoms with Crippen LogP contribution >= 0.6 is 0 Å². The van der Waals surface area contributed by atoms with Gasteiger partial charge in [0.05, 0.1) is 25.5 Å². The summed E-state index contributed by atoms with van der Waals surface area (Å²) in [6.07, 6.45) is 5.21. The third-order valence-electron chi connectivity index (χ3n) is 5.21. The Morgan fingerprint density at radius 3 is 2.79 bits per heavy atom. The molecule has 0 radical (unpaired) electrons. The van der Waals surface area contributed by atoms with Crippen LogP contribution in [0.15, 0.2) is 30.6 Å². The number of carbonyl (C=O) groups is 1. The molecule has 1 aliphatic rings. The largest absolute Gasteiger partial charge is 0.493 e. The standard InChI is InChI=1S/C20H23N5O3/c1-24-19-17(21-9-10-22-19)16(23-24)13-6-5-11-25(12-13)20(26)14-7-4-8-15(27-2)18(14)28-3/h4,7-10,13H,5-6,11-12H2,1-3H3/t13-/m0/s1. The van der Waals surface area contributed by atoms with Crippen molar-refractivity contribution in [3.63, 3.8) is 0 Å². The topological polar surface area (TPSA) is 82.4 Å². The predicted octanol–water partition coefficient (Wildman–Crippen LogP) is 2.40. The van der Waals surface area contributed by atoms with Crippen LogP contribution in [0.1, 0.15) is 34.8 Å². The minimum atomic E-state index is -0.0632. The van der Waals surface area contributed by atoms with Crippen molar-refractivity contribution in [1.82, 2.24) is 24.6 Å². The van der Waals surface area contributed by atoms with Gasteiger partial charge < -0.3 is 14.4 Å². The van der Waals surface area contributed by atoms with Crippen LogP contribution in [-0.2, 0) is 7.05 Å². The summed E-state index contributed by atoms with van der Waals surface area (Å²) in [6, 6.07) is 5.36. The summed E-state index contributed by atoms with van der Waals surface area (Å²) >= 11 is 0. The first-order chi connectivity index (χ1) is 13.6. The number of aromatic nitrogens is 4. The van der Waals surface area contributed by atoms with Crippen LogP contribution in [0.5, 0.6) is 11.5 Å². The molecule has 1 aliphatic heterocycles. The molecule has 8 nitrogen and oxygen atoms in total. The van der Waals surface area contributed by atoms with Crippen molar-refractivity contribution in [2.75, 3.05) is 27.3 Å². The maximum Gasteiger partial charge on any atom is 0.257 e. The molecular weight excluding hydrogens is 358 g/mol. The molecule has 0 aliphatic carbocycles. The average Bonchev–Trinajstić information content (AvgIpc) is 3.09. The van der Waals surface area contributed by atoms with E-state index in [2.05, 4.69) is 15.1 Å². The molecule has 28 heavy (non-hydrogen) atoms. The van der Waals surface area contributed by atoms with Crippen molar-refractivity contribution in [1.29, 1.82) is 0 Å². The Morgan fingerprint density at radius 1 is 1.18 bits per heavy atom. The number of hydrogen-bond donors (Lipinski definition) is 0. The molecule has 0 N–H and O–H groups in total. The number of rotatable bonds is 4. The zero-order valence-electron chi connectivity index (χ0n) is 16.3. The number of nitrogens with zero attached hydrogens (tertiary/aromatic N) is 5. The summed E-state index contributed by atoms with van der Waals surface area (Å²) in [7, 11) is 4.98. The van der Waals surface area contributed by atoms with Gasteiger partial charge in [0, 0.05) is 38.4 Å². The highest BCUT2D eigenvalue weighted by atomic mass is 16.5. The zero-order valence-corrected chi connectivity index (χ0v) is 16.3. The summed E-state index contributed by atoms with van der Waals surface area (Å²) in [6.45, 7) is 1.29. The van der Waals surface area contributed by atoms with Gasteiger partial charge in [0.25, 0.3) is 5.91 Å². The highest BCUT2D eigenvalue weighted by Crippen LogP contribution is 2.34. The molecule has 3 aromatic rings. The van der Waals surface area contributed by atoms with E-state index >= 15 is 0 Å². The first-order valence-corrected chi connectivity index (χ1v) is 9.28. The van der Waals surface area contributed by atoms with E-state index in [1.54, 1.807) is 49.5 Å². The van der Waals surface area contributed by atoms with Gasteiger partial charge in [0.1, 0.15) is 5.52 Å². The van der Waals surface area contributed by atoms with Crippen molar-refractivity contribution >= 4 is 17.1 Å². The molecule has 0 bridgehead atoms. The molecule has 2 aromatic heterocycles. The maximum atomic E-state index is 13.2. The van der Waals surface area contributed by atoms with Crippen LogP contribution in [-0.4, -0.2) is 57.9 Å². The minimum Gasteiger partial charge on any atom is -0.493 e. The number of benzene rings is 1. The highest BCUT2D eigenvalue weighted by molar-refractivity contribution is 5.98. The maximum absolute atomic E-state index is 13.2. The number of likely N-dealkylation sites (tertiary alicyclic amines) is 1. The molecule has 0 saturated carbocycles. The normalized spacial score (nSPS) is 17.0. The third-order valence-corrected chi connectivity index (χ3v) is 5.21. The Labute approximate surface area is 163 Å². The lowest BCUT2D eigenvalue weighted by molar-refractivity contribution is 0.0702. The van der Waals surface area contributed by atoms with Crippen LogP contribution in [0.2, 0.25) is 0 Å². The summed E-state index contributed by atoms with van der Waals surface area (Å²) < 4.78 is 12.5. The Balaban J connectivity index is 1.63. The lowest BCUT2D eigenvalue weighted by Gasteiger charge is -2.32. The predicted molar refractivity (Wildman–Crippen MR) is 104 cm³/mol. The van der Waals surface area contributed by atoms with Crippen LogP contribution < -0.4 is 9.47 Å². The number of amides is 1. The highest BCUT2D eigenvalue weighted by Gasteiger charge is 2.30. The zero-order chi connectivity index (χ0) is 19.7. The number of ether oxygens (including phenoxy) is 2. The second kappa shape index (κ2) is 7.46. The molecule has 146 valence electrons. The van der Waals surface area contributed by atoms with E-state index in [1.807, 2.05) is 11.9 Å². The van der Waals surface area contributed by atoms with Gasteiger partial charge >= 0.3 is 0 Å². The third kappa shape index (κ3) is 3.04. The van der Waals surface area contributed by atoms with Crippen LogP contribution in [0.25, 0.3) is 11.2 Å².